The van der Waals surface area contributed by atoms with Crippen molar-refractivity contribution in [3.05, 3.63) is 52.1 Å². The number of likely N-dealkylation sites (N-methyl/N-ethyl adjacent to an activating group) is 1. The molecule has 0 fully saturated rings. The summed E-state index contributed by atoms with van der Waals surface area (Å²) in [7, 11) is 0. The van der Waals surface area contributed by atoms with Gasteiger partial charge in [-0.25, -0.2) is 4.39 Å². The van der Waals surface area contributed by atoms with Crippen LogP contribution in [0.15, 0.2) is 18.2 Å². The molecule has 0 aliphatic rings. The SMILES string of the molecule is CCNCCNC(=O)c1c(C)[nH]c(/C=C/c2cc(F)ccc2NC=O)c1C. The van der Waals surface area contributed by atoms with E-state index in [4.69, 9.17) is 0 Å². The summed E-state index contributed by atoms with van der Waals surface area (Å²) in [6.07, 6.45) is 4.01. The highest BCUT2D eigenvalue weighted by Crippen LogP contribution is 2.23. The van der Waals surface area contributed by atoms with Crippen LogP contribution >= 0.6 is 0 Å². The van der Waals surface area contributed by atoms with Crippen LogP contribution in [0.1, 0.15) is 39.8 Å². The number of hydrogen-bond donors (Lipinski definition) is 4. The van der Waals surface area contributed by atoms with E-state index in [0.29, 0.717) is 36.3 Å². The Labute approximate surface area is 158 Å². The number of aromatic nitrogens is 1. The van der Waals surface area contributed by atoms with Crippen molar-refractivity contribution in [3.63, 3.8) is 0 Å². The van der Waals surface area contributed by atoms with Crippen molar-refractivity contribution in [2.24, 2.45) is 0 Å². The van der Waals surface area contributed by atoms with Crippen LogP contribution in [0, 0.1) is 19.7 Å². The molecule has 27 heavy (non-hydrogen) atoms. The van der Waals surface area contributed by atoms with Gasteiger partial charge >= 0.3 is 0 Å². The van der Waals surface area contributed by atoms with Gasteiger partial charge in [-0.05, 0) is 50.2 Å². The van der Waals surface area contributed by atoms with Gasteiger partial charge in [-0.1, -0.05) is 13.0 Å². The number of carbonyl (C=O) groups excluding carboxylic acids is 2. The van der Waals surface area contributed by atoms with Crippen LogP contribution in [0.2, 0.25) is 0 Å². The van der Waals surface area contributed by atoms with Crippen molar-refractivity contribution in [2.45, 2.75) is 20.8 Å². The molecule has 2 aromatic rings. The first-order valence-corrected chi connectivity index (χ1v) is 8.83. The van der Waals surface area contributed by atoms with Crippen molar-refractivity contribution in [1.29, 1.82) is 0 Å². The van der Waals surface area contributed by atoms with Gasteiger partial charge in [0.25, 0.3) is 5.91 Å². The van der Waals surface area contributed by atoms with Crippen molar-refractivity contribution < 1.29 is 14.0 Å². The fourth-order valence-corrected chi connectivity index (χ4v) is 2.85. The number of benzene rings is 1. The van der Waals surface area contributed by atoms with Crippen LogP contribution < -0.4 is 16.0 Å². The van der Waals surface area contributed by atoms with Gasteiger partial charge in [0, 0.05) is 35.7 Å². The lowest BCUT2D eigenvalue weighted by atomic mass is 10.1. The summed E-state index contributed by atoms with van der Waals surface area (Å²) in [5.74, 6) is -0.529. The maximum atomic E-state index is 13.5. The number of halogens is 1. The Hall–Kier alpha value is -2.93. The van der Waals surface area contributed by atoms with Gasteiger partial charge in [0.05, 0.1) is 5.56 Å². The minimum atomic E-state index is -0.397. The highest BCUT2D eigenvalue weighted by molar-refractivity contribution is 5.98. The zero-order valence-corrected chi connectivity index (χ0v) is 15.8. The molecule has 0 aliphatic carbocycles. The Kier molecular flexibility index (Phi) is 7.31. The minimum absolute atomic E-state index is 0.132. The number of H-pyrrole nitrogens is 1. The highest BCUT2D eigenvalue weighted by Gasteiger charge is 2.16. The molecule has 0 atom stereocenters. The Morgan fingerprint density at radius 1 is 1.22 bits per heavy atom. The fourth-order valence-electron chi connectivity index (χ4n) is 2.85. The number of amides is 2. The van der Waals surface area contributed by atoms with Crippen LogP contribution in [0.25, 0.3) is 12.2 Å². The van der Waals surface area contributed by atoms with E-state index in [-0.39, 0.29) is 5.91 Å². The topological polar surface area (TPSA) is 86.0 Å². The molecule has 0 bridgehead atoms. The Morgan fingerprint density at radius 3 is 2.70 bits per heavy atom. The normalized spacial score (nSPS) is 11.0. The molecule has 0 spiro atoms. The summed E-state index contributed by atoms with van der Waals surface area (Å²) in [4.78, 5) is 26.3. The van der Waals surface area contributed by atoms with Crippen molar-refractivity contribution in [3.8, 4) is 0 Å². The molecule has 0 unspecified atom stereocenters. The van der Waals surface area contributed by atoms with E-state index in [9.17, 15) is 14.0 Å². The average Bonchev–Trinajstić information content (AvgIpc) is 2.92. The van der Waals surface area contributed by atoms with E-state index in [1.807, 2.05) is 20.8 Å². The molecule has 0 radical (unpaired) electrons. The molecule has 0 saturated heterocycles. The van der Waals surface area contributed by atoms with Gasteiger partial charge in [-0.2, -0.15) is 0 Å². The maximum Gasteiger partial charge on any atom is 0.253 e. The number of hydrogen-bond acceptors (Lipinski definition) is 3. The summed E-state index contributed by atoms with van der Waals surface area (Å²) in [5.41, 5.74) is 3.97. The second kappa shape index (κ2) is 9.68. The highest BCUT2D eigenvalue weighted by atomic mass is 19.1. The maximum absolute atomic E-state index is 13.5. The number of anilines is 1. The largest absolute Gasteiger partial charge is 0.358 e. The molecule has 0 saturated carbocycles. The molecule has 2 amide bonds. The van der Waals surface area contributed by atoms with Gasteiger partial charge in [0.1, 0.15) is 5.82 Å². The predicted molar refractivity (Wildman–Crippen MR) is 106 cm³/mol. The lowest BCUT2D eigenvalue weighted by Crippen LogP contribution is -2.32. The number of rotatable bonds is 9. The van der Waals surface area contributed by atoms with E-state index in [2.05, 4.69) is 20.9 Å². The van der Waals surface area contributed by atoms with Crippen LogP contribution in [0.4, 0.5) is 10.1 Å². The summed E-state index contributed by atoms with van der Waals surface area (Å²) in [5, 5.41) is 8.59. The Bertz CT molecular complexity index is 843. The zero-order chi connectivity index (χ0) is 19.8. The minimum Gasteiger partial charge on any atom is -0.358 e. The number of aryl methyl sites for hydroxylation is 1. The van der Waals surface area contributed by atoms with Crippen LogP contribution in [-0.4, -0.2) is 36.9 Å². The second-order valence-electron chi connectivity index (χ2n) is 6.10. The molecule has 144 valence electrons. The summed E-state index contributed by atoms with van der Waals surface area (Å²) >= 11 is 0. The van der Waals surface area contributed by atoms with Crippen molar-refractivity contribution >= 4 is 30.2 Å². The quantitative estimate of drug-likeness (QED) is 0.403. The van der Waals surface area contributed by atoms with Crippen LogP contribution in [0.5, 0.6) is 0 Å². The average molecular weight is 372 g/mol. The summed E-state index contributed by atoms with van der Waals surface area (Å²) in [6.45, 7) is 7.82. The van der Waals surface area contributed by atoms with Crippen molar-refractivity contribution in [1.82, 2.24) is 15.6 Å². The van der Waals surface area contributed by atoms with Gasteiger partial charge in [0.2, 0.25) is 6.41 Å². The monoisotopic (exact) mass is 372 g/mol. The third-order valence-corrected chi connectivity index (χ3v) is 4.20. The van der Waals surface area contributed by atoms with E-state index >= 15 is 0 Å². The molecule has 1 aromatic heterocycles. The first kappa shape index (κ1) is 20.4. The zero-order valence-electron chi connectivity index (χ0n) is 15.8. The lowest BCUT2D eigenvalue weighted by molar-refractivity contribution is -0.105. The van der Waals surface area contributed by atoms with Gasteiger partial charge in [-0.3, -0.25) is 9.59 Å². The molecular formula is C20H25FN4O2. The third-order valence-electron chi connectivity index (χ3n) is 4.20. The lowest BCUT2D eigenvalue weighted by Gasteiger charge is -2.06. The van der Waals surface area contributed by atoms with Crippen LogP contribution in [0.3, 0.4) is 0 Å². The first-order chi connectivity index (χ1) is 13.0. The number of aromatic amines is 1. The predicted octanol–water partition coefficient (Wildman–Crippen LogP) is 2.85. The molecular weight excluding hydrogens is 347 g/mol. The molecule has 2 rings (SSSR count). The smallest absolute Gasteiger partial charge is 0.253 e. The van der Waals surface area contributed by atoms with Crippen molar-refractivity contribution in [2.75, 3.05) is 25.0 Å². The van der Waals surface area contributed by atoms with Gasteiger partial charge in [-0.15, -0.1) is 0 Å². The molecule has 6 nitrogen and oxygen atoms in total. The van der Waals surface area contributed by atoms with Gasteiger partial charge < -0.3 is 20.9 Å². The fraction of sp³-hybridized carbons (Fsp3) is 0.300. The van der Waals surface area contributed by atoms with E-state index < -0.39 is 5.82 Å². The number of nitrogens with one attached hydrogen (secondary N) is 4. The first-order valence-electron chi connectivity index (χ1n) is 8.83. The number of carbonyl (C=O) groups is 2. The molecule has 7 heteroatoms. The Morgan fingerprint density at radius 2 is 2.00 bits per heavy atom. The molecule has 4 N–H and O–H groups in total. The molecule has 1 heterocycles. The summed E-state index contributed by atoms with van der Waals surface area (Å²) in [6, 6.07) is 4.12. The van der Waals surface area contributed by atoms with E-state index in [1.165, 1.54) is 18.2 Å². The van der Waals surface area contributed by atoms with E-state index in [1.54, 1.807) is 12.2 Å². The standard InChI is InChI=1S/C20H25FN4O2/c1-4-22-9-10-23-20(27)19-13(2)17(25-14(19)3)7-5-15-11-16(21)6-8-18(15)24-12-26/h5-8,11-12,22,25H,4,9-10H2,1-3H3,(H,23,27)(H,24,26)/b7-5+. The third kappa shape index (κ3) is 5.27. The molecule has 0 aliphatic heterocycles. The molecule has 1 aromatic carbocycles. The van der Waals surface area contributed by atoms with Crippen LogP contribution in [-0.2, 0) is 4.79 Å². The van der Waals surface area contributed by atoms with E-state index in [0.717, 1.165) is 23.5 Å². The summed E-state index contributed by atoms with van der Waals surface area (Å²) < 4.78 is 13.5. The van der Waals surface area contributed by atoms with Gasteiger partial charge in [0.15, 0.2) is 0 Å². The Balaban J connectivity index is 2.21. The second-order valence-corrected chi connectivity index (χ2v) is 6.10.